The summed E-state index contributed by atoms with van der Waals surface area (Å²) in [7, 11) is 0. The van der Waals surface area contributed by atoms with Crippen LogP contribution in [0, 0.1) is 15.3 Å². The molecule has 1 aromatic carbocycles. The van der Waals surface area contributed by atoms with Gasteiger partial charge in [0.05, 0.1) is 27.8 Å². The van der Waals surface area contributed by atoms with Crippen LogP contribution in [0.5, 0.6) is 0 Å². The molecule has 12 heteroatoms. The summed E-state index contributed by atoms with van der Waals surface area (Å²) >= 11 is 10.7. The second-order valence-corrected chi connectivity index (χ2v) is 11.5. The van der Waals surface area contributed by atoms with Crippen molar-refractivity contribution in [2.24, 2.45) is 5.92 Å². The normalized spacial score (nSPS) is 20.6. The Morgan fingerprint density at radius 2 is 2.09 bits per heavy atom. The number of thioether (sulfide) groups is 1. The predicted molar refractivity (Wildman–Crippen MR) is 145 cm³/mol. The van der Waals surface area contributed by atoms with Gasteiger partial charge in [-0.15, -0.1) is 11.8 Å². The molecule has 2 aromatic rings. The SMILES string of the molecule is CSc1nc2c(F)c(Br)c(I)cc2c(N[C@H]2[C@@H]3C[C@H]2N(C(=O)OC(C)(C)C)C3)c1C=O.C[S-].[Na+]. The fraction of sp³-hybridized carbons (Fsp3) is 0.500. The van der Waals surface area contributed by atoms with E-state index in [0.717, 1.165) is 12.7 Å². The van der Waals surface area contributed by atoms with Gasteiger partial charge >= 0.3 is 35.7 Å². The quantitative estimate of drug-likeness (QED) is 0.132. The molecule has 3 fully saturated rings. The summed E-state index contributed by atoms with van der Waals surface area (Å²) < 4.78 is 21.6. The van der Waals surface area contributed by atoms with Crippen molar-refractivity contribution in [3.8, 4) is 0 Å². The van der Waals surface area contributed by atoms with Gasteiger partial charge < -0.3 is 27.6 Å². The summed E-state index contributed by atoms with van der Waals surface area (Å²) in [6.07, 6.45) is 4.71. The van der Waals surface area contributed by atoms with Crippen LogP contribution in [0.2, 0.25) is 0 Å². The number of aldehydes is 1. The Hall–Kier alpha value is 0.210. The number of pyridine rings is 1. The van der Waals surface area contributed by atoms with Gasteiger partial charge in [-0.05, 0) is 78.0 Å². The molecule has 34 heavy (non-hydrogen) atoms. The molecule has 3 heterocycles. The molecule has 3 atom stereocenters. The molecule has 3 aliphatic rings. The molecular formula is C22H25BrFIN3NaO3S2. The summed E-state index contributed by atoms with van der Waals surface area (Å²) in [5.41, 5.74) is 0.626. The van der Waals surface area contributed by atoms with E-state index in [0.29, 0.717) is 36.3 Å². The van der Waals surface area contributed by atoms with Crippen LogP contribution >= 0.6 is 50.3 Å². The molecule has 1 aromatic heterocycles. The maximum absolute atomic E-state index is 15.0. The number of hydrogen-bond acceptors (Lipinski definition) is 7. The first-order valence-electron chi connectivity index (χ1n) is 10.2. The van der Waals surface area contributed by atoms with Gasteiger partial charge in [0.25, 0.3) is 0 Å². The Labute approximate surface area is 253 Å². The number of nitrogens with one attached hydrogen (secondary N) is 1. The number of carbonyl (C=O) groups is 2. The van der Waals surface area contributed by atoms with E-state index in [4.69, 9.17) is 4.74 Å². The van der Waals surface area contributed by atoms with Crippen molar-refractivity contribution >= 4 is 91.9 Å². The van der Waals surface area contributed by atoms with Crippen LogP contribution in [0.4, 0.5) is 14.9 Å². The second kappa shape index (κ2) is 12.2. The molecule has 1 N–H and O–H groups in total. The van der Waals surface area contributed by atoms with Crippen LogP contribution < -0.4 is 34.9 Å². The average molecular weight is 692 g/mol. The second-order valence-electron chi connectivity index (χ2n) is 8.78. The van der Waals surface area contributed by atoms with E-state index in [9.17, 15) is 9.59 Å². The molecule has 2 aliphatic heterocycles. The summed E-state index contributed by atoms with van der Waals surface area (Å²) in [6.45, 7) is 6.14. The molecule has 1 aliphatic carbocycles. The van der Waals surface area contributed by atoms with Gasteiger partial charge in [-0.25, -0.2) is 14.2 Å². The molecule has 0 unspecified atom stereocenters. The Morgan fingerprint density at radius 3 is 2.65 bits per heavy atom. The van der Waals surface area contributed by atoms with Gasteiger partial charge in [0, 0.05) is 21.4 Å². The molecule has 0 radical (unpaired) electrons. The maximum atomic E-state index is 15.0. The number of amides is 1. The van der Waals surface area contributed by atoms with Gasteiger partial charge in [-0.3, -0.25) is 4.79 Å². The van der Waals surface area contributed by atoms with Crippen molar-refractivity contribution < 1.29 is 48.3 Å². The van der Waals surface area contributed by atoms with Gasteiger partial charge in [-0.1, -0.05) is 0 Å². The smallest absolute Gasteiger partial charge is 0.796 e. The van der Waals surface area contributed by atoms with Crippen LogP contribution in [0.25, 0.3) is 10.9 Å². The van der Waals surface area contributed by atoms with E-state index in [2.05, 4.69) is 61.5 Å². The van der Waals surface area contributed by atoms with E-state index >= 15 is 4.39 Å². The Bertz CT molecular complexity index is 1110. The van der Waals surface area contributed by atoms with Crippen molar-refractivity contribution in [1.29, 1.82) is 0 Å². The minimum absolute atomic E-state index is 0. The van der Waals surface area contributed by atoms with Crippen LogP contribution in [-0.2, 0) is 17.4 Å². The zero-order valence-corrected chi connectivity index (χ0v) is 27.2. The van der Waals surface area contributed by atoms with Crippen molar-refractivity contribution in [2.75, 3.05) is 24.4 Å². The van der Waals surface area contributed by atoms with Crippen LogP contribution in [0.15, 0.2) is 15.6 Å². The molecule has 1 amide bonds. The van der Waals surface area contributed by atoms with Crippen LogP contribution in [0.1, 0.15) is 37.6 Å². The standard InChI is InChI=1S/C21H22BrFIN3O3S.CH4S.Na/c1-21(2,3)30-20(29)27-7-9-5-13(27)16(9)25-17-10-6-12(24)14(22)15(23)18(10)26-19(31-4)11(17)8-28;1-2;/h6,8-9,13,16H,5,7H2,1-4H3,(H,25,26);2H,1H3;/q;;+1/p-1/t9-,13-,16+;;/m1../s1. The molecule has 2 saturated heterocycles. The molecular weight excluding hydrogens is 667 g/mol. The first kappa shape index (κ1) is 30.4. The Kier molecular flexibility index (Phi) is 10.9. The summed E-state index contributed by atoms with van der Waals surface area (Å²) in [6, 6.07) is 1.76. The summed E-state index contributed by atoms with van der Waals surface area (Å²) in [4.78, 5) is 30.8. The number of anilines is 1. The van der Waals surface area contributed by atoms with Crippen molar-refractivity contribution in [1.82, 2.24) is 9.88 Å². The topological polar surface area (TPSA) is 71.5 Å². The van der Waals surface area contributed by atoms with Gasteiger partial charge in [0.2, 0.25) is 0 Å². The minimum Gasteiger partial charge on any atom is -0.796 e. The van der Waals surface area contributed by atoms with Gasteiger partial charge in [-0.2, -0.15) is 6.26 Å². The summed E-state index contributed by atoms with van der Waals surface area (Å²) in [5.74, 6) is -0.206. The van der Waals surface area contributed by atoms with Crippen LogP contribution in [-0.4, -0.2) is 59.0 Å². The fourth-order valence-corrected chi connectivity index (χ4v) is 5.65. The Balaban J connectivity index is 0.00000133. The zero-order valence-electron chi connectivity index (χ0n) is 19.9. The van der Waals surface area contributed by atoms with E-state index in [1.165, 1.54) is 11.8 Å². The molecule has 5 rings (SSSR count). The predicted octanol–water partition coefficient (Wildman–Crippen LogP) is 2.86. The largest absolute Gasteiger partial charge is 1.00 e. The third-order valence-electron chi connectivity index (χ3n) is 5.67. The first-order chi connectivity index (χ1) is 15.6. The molecule has 1 saturated carbocycles. The van der Waals surface area contributed by atoms with Gasteiger partial charge in [0.1, 0.15) is 16.1 Å². The number of rotatable bonds is 4. The number of benzene rings is 1. The van der Waals surface area contributed by atoms with E-state index in [1.807, 2.05) is 33.1 Å². The number of halogens is 3. The fourth-order valence-electron chi connectivity index (χ4n) is 4.25. The number of carbonyl (C=O) groups excluding carboxylic acids is 2. The number of hydrogen-bond donors (Lipinski definition) is 1. The van der Waals surface area contributed by atoms with Crippen molar-refractivity contribution in [3.63, 3.8) is 0 Å². The van der Waals surface area contributed by atoms with E-state index in [1.54, 1.807) is 11.2 Å². The monoisotopic (exact) mass is 691 g/mol. The molecule has 0 spiro atoms. The molecule has 2 bridgehead atoms. The van der Waals surface area contributed by atoms with Crippen LogP contribution in [0.3, 0.4) is 0 Å². The van der Waals surface area contributed by atoms with E-state index in [-0.39, 0.29) is 59.2 Å². The van der Waals surface area contributed by atoms with Gasteiger partial charge in [0.15, 0.2) is 12.1 Å². The zero-order chi connectivity index (χ0) is 24.7. The summed E-state index contributed by atoms with van der Waals surface area (Å²) in [5, 5.41) is 4.50. The average Bonchev–Trinajstić information content (AvgIpc) is 3.36. The number of fused-ring (bicyclic) bond motifs is 2. The third-order valence-corrected chi connectivity index (χ3v) is 8.73. The molecule has 6 nitrogen and oxygen atoms in total. The van der Waals surface area contributed by atoms with E-state index < -0.39 is 11.4 Å². The minimum atomic E-state index is -0.562. The Morgan fingerprint density at radius 1 is 1.44 bits per heavy atom. The first-order valence-corrected chi connectivity index (χ1v) is 14.1. The maximum Gasteiger partial charge on any atom is 1.00 e. The van der Waals surface area contributed by atoms with Crippen molar-refractivity contribution in [3.05, 3.63) is 25.5 Å². The third kappa shape index (κ3) is 5.85. The number of nitrogens with zero attached hydrogens (tertiary/aromatic N) is 2. The number of ether oxygens (including phenoxy) is 1. The van der Waals surface area contributed by atoms with Crippen molar-refractivity contribution in [2.45, 2.75) is 49.9 Å². The molecule has 180 valence electrons. The number of aromatic nitrogens is 1.